The number of hydrogen-bond acceptors (Lipinski definition) is 4. The Morgan fingerprint density at radius 1 is 0.260 bits per heavy atom. The van der Waals surface area contributed by atoms with E-state index in [2.05, 4.69) is 364 Å². The Labute approximate surface area is 557 Å². The average Bonchev–Trinajstić information content (AvgIpc) is 1.49. The highest BCUT2D eigenvalue weighted by molar-refractivity contribution is 6.29. The van der Waals surface area contributed by atoms with E-state index >= 15 is 0 Å². The molecule has 0 bridgehead atoms. The summed E-state index contributed by atoms with van der Waals surface area (Å²) >= 11 is 0. The van der Waals surface area contributed by atoms with Crippen molar-refractivity contribution in [2.45, 2.75) is 52.4 Å². The largest absolute Gasteiger partial charge is 0.456 e. The van der Waals surface area contributed by atoms with Gasteiger partial charge in [-0.15, -0.1) is 0 Å². The van der Waals surface area contributed by atoms with Gasteiger partial charge in [-0.05, 0) is 165 Å². The SMILES string of the molecule is CC(C)(C)c1ccc(-n2c3ccccc3c3c(N(c4ccccc4)c4ccc5c(c4)oc4cc6c(-c7ccccc7)c7c(cc6c(-c6ccccc6)c45)oc4cc(N(c5ccccc5)c5cccc6c5c5ccccc5n6-c5ccc(C(C)(C)C)cc5)ccc47)cccc32)cc1. The van der Waals surface area contributed by atoms with Gasteiger partial charge in [-0.1, -0.05) is 211 Å². The molecule has 0 aliphatic rings. The topological polar surface area (TPSA) is 42.6 Å². The van der Waals surface area contributed by atoms with Crippen LogP contribution in [0, 0.1) is 0 Å². The molecule has 0 fully saturated rings. The van der Waals surface area contributed by atoms with E-state index < -0.39 is 0 Å². The Hall–Kier alpha value is -11.9. The van der Waals surface area contributed by atoms with Gasteiger partial charge in [-0.25, -0.2) is 0 Å². The van der Waals surface area contributed by atoms with E-state index in [0.29, 0.717) is 0 Å². The normalized spacial score (nSPS) is 12.3. The van der Waals surface area contributed by atoms with Gasteiger partial charge in [0.15, 0.2) is 0 Å². The van der Waals surface area contributed by atoms with Gasteiger partial charge >= 0.3 is 0 Å². The third-order valence-corrected chi connectivity index (χ3v) is 19.8. The summed E-state index contributed by atoms with van der Waals surface area (Å²) in [7, 11) is 0. The van der Waals surface area contributed by atoms with E-state index in [4.69, 9.17) is 8.83 Å². The molecule has 0 atom stereocenters. The zero-order chi connectivity index (χ0) is 64.6. The van der Waals surface area contributed by atoms with E-state index in [0.717, 1.165) is 144 Å². The summed E-state index contributed by atoms with van der Waals surface area (Å²) in [6, 6.07) is 110. The number of nitrogens with zero attached hydrogens (tertiary/aromatic N) is 4. The van der Waals surface area contributed by atoms with Crippen molar-refractivity contribution >= 4 is 132 Å². The monoisotopic (exact) mass is 1240 g/mol. The van der Waals surface area contributed by atoms with Crippen LogP contribution in [0.4, 0.5) is 34.1 Å². The molecule has 0 saturated carbocycles. The number of furan rings is 2. The molecule has 0 saturated heterocycles. The van der Waals surface area contributed by atoms with Crippen LogP contribution in [0.5, 0.6) is 0 Å². The smallest absolute Gasteiger partial charge is 0.137 e. The Balaban J connectivity index is 0.832. The molecule has 4 heterocycles. The zero-order valence-corrected chi connectivity index (χ0v) is 54.5. The lowest BCUT2D eigenvalue weighted by molar-refractivity contribution is 0.590. The number of benzene rings is 14. The van der Waals surface area contributed by atoms with Gasteiger partial charge in [-0.3, -0.25) is 0 Å². The molecule has 6 heteroatoms. The van der Waals surface area contributed by atoms with Gasteiger partial charge < -0.3 is 27.8 Å². The van der Waals surface area contributed by atoms with Crippen LogP contribution in [0.25, 0.3) is 132 Å². The Morgan fingerprint density at radius 3 is 1.00 bits per heavy atom. The van der Waals surface area contributed by atoms with Gasteiger partial charge in [0.05, 0.1) is 33.4 Å². The highest BCUT2D eigenvalue weighted by Gasteiger charge is 2.28. The van der Waals surface area contributed by atoms with E-state index in [9.17, 15) is 0 Å². The maximum Gasteiger partial charge on any atom is 0.137 e. The molecular weight excluding hydrogens is 1170 g/mol. The van der Waals surface area contributed by atoms with Gasteiger partial charge in [-0.2, -0.15) is 0 Å². The number of fused-ring (bicyclic) bond motifs is 13. The molecule has 460 valence electrons. The molecule has 0 aliphatic heterocycles. The molecule has 18 rings (SSSR count). The third-order valence-electron chi connectivity index (χ3n) is 19.8. The molecule has 0 radical (unpaired) electrons. The van der Waals surface area contributed by atoms with Crippen LogP contribution in [0.1, 0.15) is 52.7 Å². The van der Waals surface area contributed by atoms with Crippen molar-refractivity contribution in [1.29, 1.82) is 0 Å². The molecule has 0 unspecified atom stereocenters. The summed E-state index contributed by atoms with van der Waals surface area (Å²) < 4.78 is 19.6. The molecule has 96 heavy (non-hydrogen) atoms. The summed E-state index contributed by atoms with van der Waals surface area (Å²) in [5.74, 6) is 0. The fraction of sp³-hybridized carbons (Fsp3) is 0.0889. The maximum atomic E-state index is 7.38. The number of hydrogen-bond donors (Lipinski definition) is 0. The van der Waals surface area contributed by atoms with Crippen molar-refractivity contribution in [2.75, 3.05) is 9.80 Å². The summed E-state index contributed by atoms with van der Waals surface area (Å²) in [5.41, 5.74) is 23.3. The zero-order valence-electron chi connectivity index (χ0n) is 54.5. The first-order valence-electron chi connectivity index (χ1n) is 33.3. The van der Waals surface area contributed by atoms with E-state index in [-0.39, 0.29) is 10.8 Å². The highest BCUT2D eigenvalue weighted by atomic mass is 16.3. The van der Waals surface area contributed by atoms with Crippen LogP contribution in [-0.4, -0.2) is 9.13 Å². The quantitative estimate of drug-likeness (QED) is 0.137. The summed E-state index contributed by atoms with van der Waals surface area (Å²) in [4.78, 5) is 4.79. The van der Waals surface area contributed by atoms with E-state index in [1.165, 1.54) is 32.7 Å². The van der Waals surface area contributed by atoms with Crippen LogP contribution in [0.3, 0.4) is 0 Å². The van der Waals surface area contributed by atoms with E-state index in [1.54, 1.807) is 0 Å². The lowest BCUT2D eigenvalue weighted by Crippen LogP contribution is -2.11. The summed E-state index contributed by atoms with van der Waals surface area (Å²) in [5, 5.41) is 11.0. The maximum absolute atomic E-state index is 7.38. The predicted octanol–water partition coefficient (Wildman–Crippen LogP) is 25.7. The summed E-state index contributed by atoms with van der Waals surface area (Å²) in [6.45, 7) is 13.6. The van der Waals surface area contributed by atoms with Gasteiger partial charge in [0.25, 0.3) is 0 Å². The number of anilines is 6. The Morgan fingerprint density at radius 2 is 0.615 bits per heavy atom. The van der Waals surface area contributed by atoms with Crippen molar-refractivity contribution in [3.05, 3.63) is 314 Å². The molecular formula is C90H68N4O2. The summed E-state index contributed by atoms with van der Waals surface area (Å²) in [6.07, 6.45) is 0. The van der Waals surface area contributed by atoms with Gasteiger partial charge in [0, 0.05) is 100 Å². The van der Waals surface area contributed by atoms with Gasteiger partial charge in [0.1, 0.15) is 22.3 Å². The van der Waals surface area contributed by atoms with Crippen molar-refractivity contribution in [3.8, 4) is 33.6 Å². The highest BCUT2D eigenvalue weighted by Crippen LogP contribution is 2.52. The van der Waals surface area contributed by atoms with Crippen molar-refractivity contribution in [3.63, 3.8) is 0 Å². The third kappa shape index (κ3) is 9.07. The first kappa shape index (κ1) is 56.9. The average molecular weight is 1240 g/mol. The molecule has 4 aromatic heterocycles. The molecule has 0 amide bonds. The fourth-order valence-electron chi connectivity index (χ4n) is 15.3. The molecule has 0 aliphatic carbocycles. The molecule has 18 aromatic rings. The lowest BCUT2D eigenvalue weighted by Gasteiger charge is -2.26. The second-order valence-electron chi connectivity index (χ2n) is 27.6. The molecule has 0 N–H and O–H groups in total. The van der Waals surface area contributed by atoms with Crippen molar-refractivity contribution < 1.29 is 8.83 Å². The number of para-hydroxylation sites is 4. The lowest BCUT2D eigenvalue weighted by atomic mass is 9.87. The van der Waals surface area contributed by atoms with Crippen molar-refractivity contribution in [1.82, 2.24) is 9.13 Å². The van der Waals surface area contributed by atoms with Gasteiger partial charge in [0.2, 0.25) is 0 Å². The fourth-order valence-corrected chi connectivity index (χ4v) is 15.3. The van der Waals surface area contributed by atoms with Crippen LogP contribution < -0.4 is 9.80 Å². The predicted molar refractivity (Wildman–Crippen MR) is 405 cm³/mol. The minimum Gasteiger partial charge on any atom is -0.456 e. The number of aromatic nitrogens is 2. The van der Waals surface area contributed by atoms with Crippen LogP contribution in [0.2, 0.25) is 0 Å². The number of rotatable bonds is 10. The second kappa shape index (κ2) is 21.9. The Bertz CT molecular complexity index is 5690. The minimum atomic E-state index is 0.0395. The standard InChI is InChI=1S/C90H68N4O2/c1-89(2,3)59-41-45-63(46-42-59)93-73-35-21-19-33-67(73)85-75(37-23-39-77(85)93)91(61-29-15-9-16-30-61)65-49-51-69-79(53-65)95-81-55-71-72(83(87(69)81)57-25-11-7-12-26-57)56-82-88(84(71)58-27-13-8-14-28-58)70-52-50-66(54-80(70)96-82)92(62-31-17-10-18-32-62)76-38-24-40-78-86(76)68-34-20-22-36-74(68)94(78)64-47-43-60(44-48-64)90(4,5)6/h7-56H,1-6H3. The second-order valence-corrected chi connectivity index (χ2v) is 27.6. The molecule has 0 spiro atoms. The molecule has 14 aromatic carbocycles. The Kier molecular flexibility index (Phi) is 13.0. The molecule has 6 nitrogen and oxygen atoms in total. The first-order valence-corrected chi connectivity index (χ1v) is 33.3. The van der Waals surface area contributed by atoms with Crippen LogP contribution in [0.15, 0.2) is 312 Å². The van der Waals surface area contributed by atoms with Crippen LogP contribution >= 0.6 is 0 Å². The minimum absolute atomic E-state index is 0.0395. The van der Waals surface area contributed by atoms with Crippen molar-refractivity contribution in [2.24, 2.45) is 0 Å². The van der Waals surface area contributed by atoms with Crippen LogP contribution in [-0.2, 0) is 10.8 Å². The van der Waals surface area contributed by atoms with E-state index in [1.807, 2.05) is 0 Å². The first-order chi connectivity index (χ1) is 46.9.